The molecule has 1 aliphatic rings. The highest BCUT2D eigenvalue weighted by Crippen LogP contribution is 2.27. The van der Waals surface area contributed by atoms with Gasteiger partial charge >= 0.3 is 0 Å². The van der Waals surface area contributed by atoms with Crippen molar-refractivity contribution in [1.29, 1.82) is 0 Å². The first-order chi connectivity index (χ1) is 12.6. The highest BCUT2D eigenvalue weighted by atomic mass is 19.1. The summed E-state index contributed by atoms with van der Waals surface area (Å²) in [4.78, 5) is 18.6. The van der Waals surface area contributed by atoms with Crippen LogP contribution in [-0.4, -0.2) is 55.2 Å². The largest absolute Gasteiger partial charge is 0.506 e. The number of amides is 1. The van der Waals surface area contributed by atoms with Gasteiger partial charge < -0.3 is 14.9 Å². The van der Waals surface area contributed by atoms with Crippen LogP contribution in [0.15, 0.2) is 48.5 Å². The number of phenolic OH excluding ortho intramolecular Hbond substituents is 1. The van der Waals surface area contributed by atoms with Crippen LogP contribution in [0.3, 0.4) is 0 Å². The lowest BCUT2D eigenvalue weighted by molar-refractivity contribution is -0.119. The first-order valence-electron chi connectivity index (χ1n) is 8.89. The fourth-order valence-electron chi connectivity index (χ4n) is 3.28. The molecule has 5 nitrogen and oxygen atoms in total. The lowest BCUT2D eigenvalue weighted by atomic mass is 10.2. The maximum absolute atomic E-state index is 13.1. The summed E-state index contributed by atoms with van der Waals surface area (Å²) in [6.45, 7) is 5.81. The zero-order valence-electron chi connectivity index (χ0n) is 14.9. The zero-order valence-corrected chi connectivity index (χ0v) is 14.9. The van der Waals surface area contributed by atoms with Gasteiger partial charge in [-0.05, 0) is 43.3 Å². The van der Waals surface area contributed by atoms with Gasteiger partial charge in [0.2, 0.25) is 5.91 Å². The van der Waals surface area contributed by atoms with Crippen molar-refractivity contribution >= 4 is 17.3 Å². The molecule has 1 N–H and O–H groups in total. The fraction of sp³-hybridized carbons (Fsp3) is 0.350. The van der Waals surface area contributed by atoms with Gasteiger partial charge in [-0.2, -0.15) is 0 Å². The number of benzene rings is 2. The van der Waals surface area contributed by atoms with Crippen LogP contribution in [-0.2, 0) is 4.79 Å². The van der Waals surface area contributed by atoms with E-state index in [1.54, 1.807) is 23.1 Å². The van der Waals surface area contributed by atoms with Crippen molar-refractivity contribution in [3.63, 3.8) is 0 Å². The Labute approximate surface area is 153 Å². The Hall–Kier alpha value is -2.60. The molecule has 1 fully saturated rings. The molecule has 0 aliphatic carbocycles. The van der Waals surface area contributed by atoms with Crippen LogP contribution < -0.4 is 9.80 Å². The van der Waals surface area contributed by atoms with E-state index in [0.29, 0.717) is 18.8 Å². The predicted octanol–water partition coefficient (Wildman–Crippen LogP) is 2.71. The van der Waals surface area contributed by atoms with Gasteiger partial charge in [0.1, 0.15) is 11.6 Å². The van der Waals surface area contributed by atoms with Gasteiger partial charge in [0.15, 0.2) is 0 Å². The lowest BCUT2D eigenvalue weighted by Crippen LogP contribution is -2.50. The van der Waals surface area contributed by atoms with Crippen LogP contribution in [0, 0.1) is 5.82 Å². The molecule has 1 heterocycles. The van der Waals surface area contributed by atoms with Gasteiger partial charge in [-0.25, -0.2) is 4.39 Å². The molecule has 0 saturated carbocycles. The van der Waals surface area contributed by atoms with Crippen molar-refractivity contribution < 1.29 is 14.3 Å². The number of nitrogens with zero attached hydrogens (tertiary/aromatic N) is 3. The number of anilines is 2. The number of hydrogen-bond acceptors (Lipinski definition) is 4. The molecule has 2 aromatic carbocycles. The Bertz CT molecular complexity index is 743. The molecule has 1 aliphatic heterocycles. The molecule has 6 heteroatoms. The minimum atomic E-state index is -0.308. The van der Waals surface area contributed by atoms with Crippen molar-refractivity contribution in [2.45, 2.75) is 6.92 Å². The number of rotatable bonds is 5. The molecule has 26 heavy (non-hydrogen) atoms. The van der Waals surface area contributed by atoms with Crippen LogP contribution >= 0.6 is 0 Å². The summed E-state index contributed by atoms with van der Waals surface area (Å²) >= 11 is 0. The van der Waals surface area contributed by atoms with Crippen LogP contribution in [0.5, 0.6) is 5.75 Å². The number of para-hydroxylation sites is 2. The maximum atomic E-state index is 13.1. The average Bonchev–Trinajstić information content (AvgIpc) is 2.65. The van der Waals surface area contributed by atoms with Gasteiger partial charge in [0, 0.05) is 38.4 Å². The van der Waals surface area contributed by atoms with Crippen molar-refractivity contribution in [2.75, 3.05) is 49.1 Å². The van der Waals surface area contributed by atoms with E-state index in [-0.39, 0.29) is 17.5 Å². The normalized spacial score (nSPS) is 15.1. The fourth-order valence-corrected chi connectivity index (χ4v) is 3.28. The molecule has 138 valence electrons. The monoisotopic (exact) mass is 357 g/mol. The number of aromatic hydroxyl groups is 1. The molecule has 1 saturated heterocycles. The van der Waals surface area contributed by atoms with Gasteiger partial charge in [0.25, 0.3) is 0 Å². The molecule has 3 rings (SSSR count). The SMILES string of the molecule is CCN(C(=O)CN1CCN(c2ccccc2O)CC1)c1ccc(F)cc1. The first-order valence-corrected chi connectivity index (χ1v) is 8.89. The van der Waals surface area contributed by atoms with Crippen molar-refractivity contribution in [3.8, 4) is 5.75 Å². The summed E-state index contributed by atoms with van der Waals surface area (Å²) in [7, 11) is 0. The second kappa shape index (κ2) is 8.19. The summed E-state index contributed by atoms with van der Waals surface area (Å²) in [5, 5.41) is 9.98. The number of phenols is 1. The van der Waals surface area contributed by atoms with Gasteiger partial charge in [-0.1, -0.05) is 12.1 Å². The van der Waals surface area contributed by atoms with Crippen LogP contribution in [0.1, 0.15) is 6.92 Å². The standard InChI is InChI=1S/C20H24FN3O2/c1-2-24(17-9-7-16(21)8-10-17)20(26)15-22-11-13-23(14-12-22)18-5-3-4-6-19(18)25/h3-10,25H,2,11-15H2,1H3. The number of carbonyl (C=O) groups is 1. The molecular formula is C20H24FN3O2. The second-order valence-corrected chi connectivity index (χ2v) is 6.37. The van der Waals surface area contributed by atoms with Crippen LogP contribution in [0.2, 0.25) is 0 Å². The number of hydrogen-bond donors (Lipinski definition) is 1. The summed E-state index contributed by atoms with van der Waals surface area (Å²) in [5.74, 6) is -0.0156. The molecule has 1 amide bonds. The summed E-state index contributed by atoms with van der Waals surface area (Å²) in [5.41, 5.74) is 1.55. The molecule has 0 aromatic heterocycles. The van der Waals surface area contributed by atoms with E-state index in [4.69, 9.17) is 0 Å². The molecule has 0 unspecified atom stereocenters. The highest BCUT2D eigenvalue weighted by Gasteiger charge is 2.23. The Balaban J connectivity index is 1.57. The van der Waals surface area contributed by atoms with Crippen LogP contribution in [0.4, 0.5) is 15.8 Å². The van der Waals surface area contributed by atoms with E-state index in [1.165, 1.54) is 12.1 Å². The van der Waals surface area contributed by atoms with Crippen molar-refractivity contribution in [1.82, 2.24) is 4.90 Å². The van der Waals surface area contributed by atoms with E-state index >= 15 is 0 Å². The summed E-state index contributed by atoms with van der Waals surface area (Å²) in [6.07, 6.45) is 0. The third kappa shape index (κ3) is 4.14. The smallest absolute Gasteiger partial charge is 0.241 e. The third-order valence-corrected chi connectivity index (χ3v) is 4.71. The Kier molecular flexibility index (Phi) is 5.73. The molecular weight excluding hydrogens is 333 g/mol. The van der Waals surface area contributed by atoms with E-state index in [2.05, 4.69) is 9.80 Å². The number of halogens is 1. The van der Waals surface area contributed by atoms with E-state index in [0.717, 1.165) is 31.9 Å². The van der Waals surface area contributed by atoms with E-state index < -0.39 is 0 Å². The summed E-state index contributed by atoms with van der Waals surface area (Å²) < 4.78 is 13.1. The molecule has 0 radical (unpaired) electrons. The van der Waals surface area contributed by atoms with E-state index in [1.807, 2.05) is 25.1 Å². The predicted molar refractivity (Wildman–Crippen MR) is 101 cm³/mol. The third-order valence-electron chi connectivity index (χ3n) is 4.71. The topological polar surface area (TPSA) is 47.0 Å². The first kappa shape index (κ1) is 18.2. The number of piperazine rings is 1. The second-order valence-electron chi connectivity index (χ2n) is 6.37. The average molecular weight is 357 g/mol. The molecule has 0 spiro atoms. The quantitative estimate of drug-likeness (QED) is 0.894. The number of carbonyl (C=O) groups excluding carboxylic acids is 1. The van der Waals surface area contributed by atoms with Gasteiger partial charge in [-0.3, -0.25) is 9.69 Å². The Morgan fingerprint density at radius 3 is 2.35 bits per heavy atom. The maximum Gasteiger partial charge on any atom is 0.241 e. The van der Waals surface area contributed by atoms with E-state index in [9.17, 15) is 14.3 Å². The highest BCUT2D eigenvalue weighted by molar-refractivity contribution is 5.94. The Morgan fingerprint density at radius 1 is 1.08 bits per heavy atom. The van der Waals surface area contributed by atoms with Crippen molar-refractivity contribution in [3.05, 3.63) is 54.3 Å². The van der Waals surface area contributed by atoms with Gasteiger partial charge in [0.05, 0.1) is 12.2 Å². The Morgan fingerprint density at radius 2 is 1.73 bits per heavy atom. The lowest BCUT2D eigenvalue weighted by Gasteiger charge is -2.36. The molecule has 2 aromatic rings. The summed E-state index contributed by atoms with van der Waals surface area (Å²) in [6, 6.07) is 13.3. The van der Waals surface area contributed by atoms with Crippen LogP contribution in [0.25, 0.3) is 0 Å². The van der Waals surface area contributed by atoms with Crippen molar-refractivity contribution in [2.24, 2.45) is 0 Å². The minimum Gasteiger partial charge on any atom is -0.506 e. The van der Waals surface area contributed by atoms with Gasteiger partial charge in [-0.15, -0.1) is 0 Å². The minimum absolute atomic E-state index is 0.00937. The molecule has 0 atom stereocenters. The molecule has 0 bridgehead atoms. The number of likely N-dealkylation sites (N-methyl/N-ethyl adjacent to an activating group) is 1. The zero-order chi connectivity index (χ0) is 18.5.